The molecule has 0 heterocycles. The van der Waals surface area contributed by atoms with Gasteiger partial charge in [-0.25, -0.2) is 4.58 Å². The van der Waals surface area contributed by atoms with Crippen LogP contribution in [0.5, 0.6) is 0 Å². The van der Waals surface area contributed by atoms with Gasteiger partial charge in [0, 0.05) is 36.5 Å². The summed E-state index contributed by atoms with van der Waals surface area (Å²) in [6.45, 7) is 13.9. The smallest absolute Gasteiger partial charge is 0.295 e. The van der Waals surface area contributed by atoms with E-state index in [9.17, 15) is 13.0 Å². The molecule has 1 aliphatic rings. The first-order chi connectivity index (χ1) is 16.2. The Labute approximate surface area is 204 Å². The zero-order valence-corrected chi connectivity index (χ0v) is 21.6. The van der Waals surface area contributed by atoms with Crippen molar-refractivity contribution in [3.8, 4) is 0 Å². The Morgan fingerprint density at radius 1 is 0.882 bits per heavy atom. The van der Waals surface area contributed by atoms with Gasteiger partial charge in [0.1, 0.15) is 18.0 Å². The topological polar surface area (TPSA) is 60.6 Å². The van der Waals surface area contributed by atoms with Crippen molar-refractivity contribution in [2.24, 2.45) is 0 Å². The summed E-state index contributed by atoms with van der Waals surface area (Å²) >= 11 is 0. The Kier molecular flexibility index (Phi) is 8.28. The van der Waals surface area contributed by atoms with E-state index < -0.39 is 10.1 Å². The van der Waals surface area contributed by atoms with E-state index in [1.54, 1.807) is 6.07 Å². The molecule has 1 N–H and O–H groups in total. The molecule has 180 valence electrons. The minimum Gasteiger partial charge on any atom is -0.372 e. The molecule has 1 aliphatic carbocycles. The van der Waals surface area contributed by atoms with Crippen LogP contribution < -0.4 is 4.90 Å². The van der Waals surface area contributed by atoms with Crippen molar-refractivity contribution < 1.29 is 17.5 Å². The predicted octanol–water partition coefficient (Wildman–Crippen LogP) is 5.51. The van der Waals surface area contributed by atoms with Gasteiger partial charge < -0.3 is 4.90 Å². The van der Waals surface area contributed by atoms with Gasteiger partial charge in [0.15, 0.2) is 5.71 Å². The highest BCUT2D eigenvalue weighted by Gasteiger charge is 2.22. The number of rotatable bonds is 8. The SMILES string of the molecule is CCN(CC)c1ccc(C(=C2C=CC(=[N+](CC)CC)C=C2)c2ccc(C)cc2S(=O)(=O)O)cc1. The third kappa shape index (κ3) is 5.57. The first-order valence-corrected chi connectivity index (χ1v) is 13.3. The fourth-order valence-electron chi connectivity index (χ4n) is 4.38. The molecule has 0 bridgehead atoms. The molecule has 0 fully saturated rings. The van der Waals surface area contributed by atoms with E-state index >= 15 is 0 Å². The van der Waals surface area contributed by atoms with Gasteiger partial charge in [-0.3, -0.25) is 4.55 Å². The number of anilines is 1. The largest absolute Gasteiger partial charge is 0.372 e. The molecule has 5 nitrogen and oxygen atoms in total. The zero-order valence-electron chi connectivity index (χ0n) is 20.7. The molecule has 0 aromatic heterocycles. The van der Waals surface area contributed by atoms with E-state index in [2.05, 4.69) is 61.5 Å². The fourth-order valence-corrected chi connectivity index (χ4v) is 5.17. The third-order valence-corrected chi connectivity index (χ3v) is 7.15. The molecule has 0 aliphatic heterocycles. The second kappa shape index (κ2) is 11.0. The zero-order chi connectivity index (χ0) is 24.9. The highest BCUT2D eigenvalue weighted by Crippen LogP contribution is 2.35. The maximum atomic E-state index is 12.3. The number of benzene rings is 2. The molecule has 0 unspecified atom stereocenters. The highest BCUT2D eigenvalue weighted by atomic mass is 32.2. The first-order valence-electron chi connectivity index (χ1n) is 11.9. The highest BCUT2D eigenvalue weighted by molar-refractivity contribution is 7.86. The quantitative estimate of drug-likeness (QED) is 0.401. The Morgan fingerprint density at radius 3 is 1.97 bits per heavy atom. The van der Waals surface area contributed by atoms with Crippen molar-refractivity contribution >= 4 is 27.1 Å². The lowest BCUT2D eigenvalue weighted by Crippen LogP contribution is -2.21. The molecule has 6 heteroatoms. The number of hydrogen-bond acceptors (Lipinski definition) is 3. The van der Waals surface area contributed by atoms with Gasteiger partial charge in [-0.1, -0.05) is 24.3 Å². The van der Waals surface area contributed by atoms with Crippen molar-refractivity contribution in [2.75, 3.05) is 31.1 Å². The van der Waals surface area contributed by atoms with Crippen molar-refractivity contribution in [3.63, 3.8) is 0 Å². The van der Waals surface area contributed by atoms with E-state index in [-0.39, 0.29) is 4.90 Å². The van der Waals surface area contributed by atoms with Gasteiger partial charge >= 0.3 is 0 Å². The molecule has 34 heavy (non-hydrogen) atoms. The minimum atomic E-state index is -4.41. The van der Waals surface area contributed by atoms with Crippen LogP contribution in [0.2, 0.25) is 0 Å². The van der Waals surface area contributed by atoms with E-state index in [0.29, 0.717) is 5.56 Å². The Balaban J connectivity index is 2.26. The maximum absolute atomic E-state index is 12.3. The molecule has 0 atom stereocenters. The van der Waals surface area contributed by atoms with Gasteiger partial charge in [-0.2, -0.15) is 8.42 Å². The summed E-state index contributed by atoms with van der Waals surface area (Å²) in [5, 5.41) is 0. The molecule has 0 saturated carbocycles. The summed E-state index contributed by atoms with van der Waals surface area (Å²) in [6, 6.07) is 13.4. The summed E-state index contributed by atoms with van der Waals surface area (Å²) in [5.74, 6) is 0. The summed E-state index contributed by atoms with van der Waals surface area (Å²) in [7, 11) is -4.41. The van der Waals surface area contributed by atoms with Gasteiger partial charge in [0.25, 0.3) is 10.1 Å². The number of allylic oxidation sites excluding steroid dienone is 5. The second-order valence-electron chi connectivity index (χ2n) is 8.29. The van der Waals surface area contributed by atoms with Gasteiger partial charge in [0.2, 0.25) is 0 Å². The van der Waals surface area contributed by atoms with Crippen molar-refractivity contribution in [1.82, 2.24) is 0 Å². The summed E-state index contributed by atoms with van der Waals surface area (Å²) < 4.78 is 37.0. The third-order valence-electron chi connectivity index (χ3n) is 6.25. The Bertz CT molecular complexity index is 1240. The normalized spacial score (nSPS) is 13.4. The van der Waals surface area contributed by atoms with E-state index in [1.165, 1.54) is 6.07 Å². The molecular formula is C28H35N2O3S+. The second-order valence-corrected chi connectivity index (χ2v) is 9.68. The molecule has 2 aromatic rings. The lowest BCUT2D eigenvalue weighted by Gasteiger charge is -2.22. The van der Waals surface area contributed by atoms with Crippen LogP contribution in [0.1, 0.15) is 44.4 Å². The van der Waals surface area contributed by atoms with Gasteiger partial charge in [-0.05, 0) is 87.2 Å². The van der Waals surface area contributed by atoms with Crippen LogP contribution >= 0.6 is 0 Å². The summed E-state index contributed by atoms with van der Waals surface area (Å²) in [5.41, 5.74) is 6.03. The minimum absolute atomic E-state index is 0.0804. The fraction of sp³-hybridized carbons (Fsp3) is 0.321. The van der Waals surface area contributed by atoms with Crippen LogP contribution in [0.25, 0.3) is 5.57 Å². The van der Waals surface area contributed by atoms with Crippen molar-refractivity contribution in [3.05, 3.63) is 89.0 Å². The van der Waals surface area contributed by atoms with E-state index in [0.717, 1.165) is 59.9 Å². The first kappa shape index (κ1) is 25.7. The van der Waals surface area contributed by atoms with Crippen LogP contribution in [0.15, 0.2) is 77.2 Å². The number of aryl methyl sites for hydroxylation is 1. The molecule has 0 saturated heterocycles. The Morgan fingerprint density at radius 2 is 1.47 bits per heavy atom. The van der Waals surface area contributed by atoms with Gasteiger partial charge in [-0.15, -0.1) is 0 Å². The average Bonchev–Trinajstić information content (AvgIpc) is 2.83. The number of nitrogens with zero attached hydrogens (tertiary/aromatic N) is 2. The molecule has 2 aromatic carbocycles. The summed E-state index contributed by atoms with van der Waals surface area (Å²) in [4.78, 5) is 2.18. The molecule has 0 spiro atoms. The molecule has 0 amide bonds. The summed E-state index contributed by atoms with van der Waals surface area (Å²) in [6.07, 6.45) is 8.17. The van der Waals surface area contributed by atoms with Crippen LogP contribution in [0, 0.1) is 6.92 Å². The average molecular weight is 480 g/mol. The number of hydrogen-bond donors (Lipinski definition) is 1. The lowest BCUT2D eigenvalue weighted by atomic mass is 9.90. The van der Waals surface area contributed by atoms with Crippen molar-refractivity contribution in [1.29, 1.82) is 0 Å². The van der Waals surface area contributed by atoms with Gasteiger partial charge in [0.05, 0.1) is 0 Å². The van der Waals surface area contributed by atoms with Crippen LogP contribution in [-0.2, 0) is 10.1 Å². The van der Waals surface area contributed by atoms with E-state index in [1.807, 2.05) is 37.3 Å². The molecular weight excluding hydrogens is 444 g/mol. The van der Waals surface area contributed by atoms with Crippen LogP contribution in [0.4, 0.5) is 5.69 Å². The van der Waals surface area contributed by atoms with Crippen LogP contribution in [-0.4, -0.2) is 49.4 Å². The molecule has 0 radical (unpaired) electrons. The Hall–Kier alpha value is -2.96. The molecule has 3 rings (SSSR count). The predicted molar refractivity (Wildman–Crippen MR) is 142 cm³/mol. The van der Waals surface area contributed by atoms with Crippen LogP contribution in [0.3, 0.4) is 0 Å². The van der Waals surface area contributed by atoms with E-state index in [4.69, 9.17) is 0 Å². The maximum Gasteiger partial charge on any atom is 0.295 e. The van der Waals surface area contributed by atoms with Crippen molar-refractivity contribution in [2.45, 2.75) is 39.5 Å². The monoisotopic (exact) mass is 479 g/mol. The standard InChI is InChI=1S/C28H34N2O3S/c1-6-29(7-2)24-15-11-22(12-16-24)28(23-13-17-25(18-14-23)30(8-3)9-4)26-19-10-21(5)20-27(26)34(31,32)33/h10-20H,6-9H2,1-5H3/p+1. The lowest BCUT2D eigenvalue weighted by molar-refractivity contribution is -0.519.